The summed E-state index contributed by atoms with van der Waals surface area (Å²) < 4.78 is 5.48. The molecule has 1 amide bonds. The fourth-order valence-electron chi connectivity index (χ4n) is 1.83. The molecule has 0 spiro atoms. The van der Waals surface area contributed by atoms with Crippen LogP contribution in [0.1, 0.15) is 17.3 Å². The van der Waals surface area contributed by atoms with Crippen LogP contribution in [0.4, 0.5) is 0 Å². The fraction of sp³-hybridized carbons (Fsp3) is 0.462. The standard InChI is InChI=1S/C13H18N2O2/c1-3-17-12-7-5-4-6-11(12)13(16)15(2)10-8-14-9-10/h4-7,10,14H,3,8-9H2,1-2H3. The van der Waals surface area contributed by atoms with Crippen molar-refractivity contribution in [3.8, 4) is 5.75 Å². The molecule has 17 heavy (non-hydrogen) atoms. The van der Waals surface area contributed by atoms with E-state index in [-0.39, 0.29) is 5.91 Å². The summed E-state index contributed by atoms with van der Waals surface area (Å²) in [5.41, 5.74) is 0.642. The van der Waals surface area contributed by atoms with E-state index in [2.05, 4.69) is 5.32 Å². The molecule has 4 nitrogen and oxygen atoms in total. The van der Waals surface area contributed by atoms with E-state index in [1.54, 1.807) is 4.90 Å². The molecule has 0 saturated carbocycles. The number of ether oxygens (including phenoxy) is 1. The smallest absolute Gasteiger partial charge is 0.257 e. The second kappa shape index (κ2) is 5.19. The van der Waals surface area contributed by atoms with E-state index < -0.39 is 0 Å². The molecule has 1 fully saturated rings. The number of rotatable bonds is 4. The monoisotopic (exact) mass is 234 g/mol. The lowest BCUT2D eigenvalue weighted by molar-refractivity contribution is 0.0677. The lowest BCUT2D eigenvalue weighted by atomic mass is 10.1. The molecule has 0 radical (unpaired) electrons. The van der Waals surface area contributed by atoms with E-state index in [1.165, 1.54) is 0 Å². The van der Waals surface area contributed by atoms with Gasteiger partial charge in [0.05, 0.1) is 18.2 Å². The van der Waals surface area contributed by atoms with Gasteiger partial charge < -0.3 is 15.0 Å². The Morgan fingerprint density at radius 1 is 1.47 bits per heavy atom. The van der Waals surface area contributed by atoms with Crippen molar-refractivity contribution >= 4 is 5.91 Å². The van der Waals surface area contributed by atoms with Crippen LogP contribution in [-0.4, -0.2) is 43.6 Å². The summed E-state index contributed by atoms with van der Waals surface area (Å²) in [6, 6.07) is 7.70. The number of carbonyl (C=O) groups excluding carboxylic acids is 1. The molecule has 1 saturated heterocycles. The van der Waals surface area contributed by atoms with Gasteiger partial charge in [0.25, 0.3) is 5.91 Å². The summed E-state index contributed by atoms with van der Waals surface area (Å²) >= 11 is 0. The quantitative estimate of drug-likeness (QED) is 0.849. The Morgan fingerprint density at radius 3 is 2.76 bits per heavy atom. The minimum absolute atomic E-state index is 0.0283. The molecule has 4 heteroatoms. The largest absolute Gasteiger partial charge is 0.493 e. The lowest BCUT2D eigenvalue weighted by Gasteiger charge is -2.35. The van der Waals surface area contributed by atoms with Crippen LogP contribution >= 0.6 is 0 Å². The fourth-order valence-corrected chi connectivity index (χ4v) is 1.83. The molecule has 0 aromatic heterocycles. The van der Waals surface area contributed by atoms with E-state index in [0.29, 0.717) is 24.0 Å². The molecule has 0 unspecified atom stereocenters. The van der Waals surface area contributed by atoms with Crippen LogP contribution in [0, 0.1) is 0 Å². The van der Waals surface area contributed by atoms with Crippen LogP contribution in [0.5, 0.6) is 5.75 Å². The first-order valence-corrected chi connectivity index (χ1v) is 5.93. The molecule has 92 valence electrons. The average Bonchev–Trinajstić information content (AvgIpc) is 2.27. The summed E-state index contributed by atoms with van der Waals surface area (Å²) in [5.74, 6) is 0.694. The molecule has 1 N–H and O–H groups in total. The van der Waals surface area contributed by atoms with Crippen LogP contribution < -0.4 is 10.1 Å². The van der Waals surface area contributed by atoms with E-state index in [4.69, 9.17) is 4.74 Å². The summed E-state index contributed by atoms with van der Waals surface area (Å²) in [6.07, 6.45) is 0. The highest BCUT2D eigenvalue weighted by Crippen LogP contribution is 2.20. The van der Waals surface area contributed by atoms with Gasteiger partial charge in [-0.1, -0.05) is 12.1 Å². The number of likely N-dealkylation sites (N-methyl/N-ethyl adjacent to an activating group) is 1. The van der Waals surface area contributed by atoms with Crippen molar-refractivity contribution in [2.24, 2.45) is 0 Å². The van der Waals surface area contributed by atoms with Gasteiger partial charge in [0.2, 0.25) is 0 Å². The molecular weight excluding hydrogens is 216 g/mol. The van der Waals surface area contributed by atoms with Crippen molar-refractivity contribution in [2.45, 2.75) is 13.0 Å². The van der Waals surface area contributed by atoms with Gasteiger partial charge in [-0.15, -0.1) is 0 Å². The van der Waals surface area contributed by atoms with Gasteiger partial charge in [-0.25, -0.2) is 0 Å². The number of hydrogen-bond donors (Lipinski definition) is 1. The predicted molar refractivity (Wildman–Crippen MR) is 66.4 cm³/mol. The van der Waals surface area contributed by atoms with Gasteiger partial charge in [0.15, 0.2) is 0 Å². The number of amides is 1. The van der Waals surface area contributed by atoms with Crippen LogP contribution in [-0.2, 0) is 0 Å². The Bertz CT molecular complexity index is 402. The van der Waals surface area contributed by atoms with Crippen molar-refractivity contribution in [3.05, 3.63) is 29.8 Å². The SMILES string of the molecule is CCOc1ccccc1C(=O)N(C)C1CNC1. The minimum atomic E-state index is 0.0283. The maximum absolute atomic E-state index is 12.3. The number of hydrogen-bond acceptors (Lipinski definition) is 3. The second-order valence-electron chi connectivity index (χ2n) is 4.16. The number of para-hydroxylation sites is 1. The molecule has 0 bridgehead atoms. The van der Waals surface area contributed by atoms with E-state index in [1.807, 2.05) is 38.2 Å². The van der Waals surface area contributed by atoms with Gasteiger partial charge in [-0.05, 0) is 19.1 Å². The number of carbonyl (C=O) groups is 1. The first kappa shape index (κ1) is 11.9. The Kier molecular flexibility index (Phi) is 3.64. The van der Waals surface area contributed by atoms with Gasteiger partial charge >= 0.3 is 0 Å². The molecule has 2 rings (SSSR count). The zero-order valence-electron chi connectivity index (χ0n) is 10.3. The predicted octanol–water partition coefficient (Wildman–Crippen LogP) is 1.13. The molecule has 0 aliphatic carbocycles. The number of nitrogens with zero attached hydrogens (tertiary/aromatic N) is 1. The number of benzene rings is 1. The Hall–Kier alpha value is -1.55. The van der Waals surface area contributed by atoms with Crippen LogP contribution in [0.25, 0.3) is 0 Å². The van der Waals surface area contributed by atoms with E-state index in [9.17, 15) is 4.79 Å². The van der Waals surface area contributed by atoms with Crippen molar-refractivity contribution in [3.63, 3.8) is 0 Å². The maximum Gasteiger partial charge on any atom is 0.257 e. The van der Waals surface area contributed by atoms with Crippen molar-refractivity contribution in [1.29, 1.82) is 0 Å². The summed E-state index contributed by atoms with van der Waals surface area (Å²) in [6.45, 7) is 4.23. The van der Waals surface area contributed by atoms with Gasteiger partial charge in [-0.3, -0.25) is 4.79 Å². The molecule has 1 aromatic carbocycles. The average molecular weight is 234 g/mol. The first-order chi connectivity index (χ1) is 8.24. The molecular formula is C13H18N2O2. The number of nitrogens with one attached hydrogen (secondary N) is 1. The zero-order chi connectivity index (χ0) is 12.3. The highest BCUT2D eigenvalue weighted by molar-refractivity contribution is 5.97. The Balaban J connectivity index is 2.17. The third kappa shape index (κ3) is 2.42. The molecule has 0 atom stereocenters. The molecule has 1 aliphatic rings. The normalized spacial score (nSPS) is 15.2. The van der Waals surface area contributed by atoms with Gasteiger partial charge in [-0.2, -0.15) is 0 Å². The molecule has 1 aliphatic heterocycles. The minimum Gasteiger partial charge on any atom is -0.493 e. The topological polar surface area (TPSA) is 41.6 Å². The second-order valence-corrected chi connectivity index (χ2v) is 4.16. The lowest BCUT2D eigenvalue weighted by Crippen LogP contribution is -2.57. The first-order valence-electron chi connectivity index (χ1n) is 5.93. The maximum atomic E-state index is 12.3. The van der Waals surface area contributed by atoms with Gasteiger partial charge in [0.1, 0.15) is 5.75 Å². The Morgan fingerprint density at radius 2 is 2.18 bits per heavy atom. The van der Waals surface area contributed by atoms with Gasteiger partial charge in [0, 0.05) is 20.1 Å². The van der Waals surface area contributed by atoms with E-state index >= 15 is 0 Å². The zero-order valence-corrected chi connectivity index (χ0v) is 10.3. The molecule has 1 heterocycles. The van der Waals surface area contributed by atoms with Crippen molar-refractivity contribution in [1.82, 2.24) is 10.2 Å². The molecule has 1 aromatic rings. The van der Waals surface area contributed by atoms with E-state index in [0.717, 1.165) is 13.1 Å². The Labute approximate surface area is 102 Å². The van der Waals surface area contributed by atoms with Crippen molar-refractivity contribution in [2.75, 3.05) is 26.7 Å². The van der Waals surface area contributed by atoms with Crippen LogP contribution in [0.2, 0.25) is 0 Å². The third-order valence-electron chi connectivity index (χ3n) is 3.05. The van der Waals surface area contributed by atoms with Crippen LogP contribution in [0.3, 0.4) is 0 Å². The summed E-state index contributed by atoms with van der Waals surface area (Å²) in [4.78, 5) is 14.1. The third-order valence-corrected chi connectivity index (χ3v) is 3.05. The van der Waals surface area contributed by atoms with Crippen molar-refractivity contribution < 1.29 is 9.53 Å². The van der Waals surface area contributed by atoms with Crippen LogP contribution in [0.15, 0.2) is 24.3 Å². The highest BCUT2D eigenvalue weighted by atomic mass is 16.5. The summed E-state index contributed by atoms with van der Waals surface area (Å²) in [5, 5.41) is 3.16. The highest BCUT2D eigenvalue weighted by Gasteiger charge is 2.27. The summed E-state index contributed by atoms with van der Waals surface area (Å²) in [7, 11) is 1.84.